The summed E-state index contributed by atoms with van der Waals surface area (Å²) in [4.78, 5) is 7.84. The van der Waals surface area contributed by atoms with Gasteiger partial charge in [0.25, 0.3) is 0 Å². The molecule has 0 bridgehead atoms. The quantitative estimate of drug-likeness (QED) is 0.377. The SMILES string of the molecule is COc1cc(-c2c[nH]c(-c3cc(Cl)cc(Cl)c3)n2)ccc1OCc1ccccc1. The Hall–Kier alpha value is -2.95. The van der Waals surface area contributed by atoms with E-state index < -0.39 is 0 Å². The highest BCUT2D eigenvalue weighted by molar-refractivity contribution is 6.35. The predicted octanol–water partition coefficient (Wildman–Crippen LogP) is 6.64. The van der Waals surface area contributed by atoms with Gasteiger partial charge < -0.3 is 14.5 Å². The molecule has 1 aromatic heterocycles. The number of hydrogen-bond acceptors (Lipinski definition) is 3. The van der Waals surface area contributed by atoms with E-state index in [1.807, 2.05) is 66.9 Å². The van der Waals surface area contributed by atoms with Gasteiger partial charge in [0.15, 0.2) is 11.5 Å². The van der Waals surface area contributed by atoms with Crippen molar-refractivity contribution in [2.45, 2.75) is 6.61 Å². The Labute approximate surface area is 179 Å². The van der Waals surface area contributed by atoms with E-state index in [0.29, 0.717) is 34.0 Å². The van der Waals surface area contributed by atoms with Crippen LogP contribution >= 0.6 is 23.2 Å². The molecule has 4 nitrogen and oxygen atoms in total. The zero-order valence-corrected chi connectivity index (χ0v) is 17.2. The smallest absolute Gasteiger partial charge is 0.161 e. The molecule has 6 heteroatoms. The first-order valence-electron chi connectivity index (χ1n) is 8.99. The third kappa shape index (κ3) is 4.56. The van der Waals surface area contributed by atoms with E-state index in [0.717, 1.165) is 22.4 Å². The zero-order valence-electron chi connectivity index (χ0n) is 15.7. The monoisotopic (exact) mass is 424 g/mol. The third-order valence-electron chi connectivity index (χ3n) is 4.41. The van der Waals surface area contributed by atoms with Crippen LogP contribution in [0.15, 0.2) is 72.9 Å². The maximum Gasteiger partial charge on any atom is 0.161 e. The van der Waals surface area contributed by atoms with Crippen LogP contribution in [-0.2, 0) is 6.61 Å². The second kappa shape index (κ2) is 8.60. The first-order valence-corrected chi connectivity index (χ1v) is 9.75. The topological polar surface area (TPSA) is 47.1 Å². The molecular weight excluding hydrogens is 407 g/mol. The summed E-state index contributed by atoms with van der Waals surface area (Å²) in [5.74, 6) is 2.01. The number of hydrogen-bond donors (Lipinski definition) is 1. The number of imidazole rings is 1. The third-order valence-corrected chi connectivity index (χ3v) is 4.85. The van der Waals surface area contributed by atoms with Crippen LogP contribution in [0, 0.1) is 0 Å². The van der Waals surface area contributed by atoms with Gasteiger partial charge in [0.05, 0.1) is 12.8 Å². The van der Waals surface area contributed by atoms with Gasteiger partial charge in [-0.25, -0.2) is 4.98 Å². The number of halogens is 2. The number of nitrogens with one attached hydrogen (secondary N) is 1. The van der Waals surface area contributed by atoms with Crippen molar-refractivity contribution in [1.29, 1.82) is 0 Å². The molecular formula is C23H18Cl2N2O2. The highest BCUT2D eigenvalue weighted by atomic mass is 35.5. The lowest BCUT2D eigenvalue weighted by Crippen LogP contribution is -1.97. The van der Waals surface area contributed by atoms with Gasteiger partial charge in [-0.2, -0.15) is 0 Å². The minimum absolute atomic E-state index is 0.471. The molecule has 1 heterocycles. The van der Waals surface area contributed by atoms with Crippen molar-refractivity contribution < 1.29 is 9.47 Å². The molecule has 0 aliphatic carbocycles. The van der Waals surface area contributed by atoms with Crippen LogP contribution in [-0.4, -0.2) is 17.1 Å². The second-order valence-electron chi connectivity index (χ2n) is 6.43. The number of benzene rings is 3. The first-order chi connectivity index (χ1) is 14.1. The van der Waals surface area contributed by atoms with Crippen molar-refractivity contribution in [3.63, 3.8) is 0 Å². The second-order valence-corrected chi connectivity index (χ2v) is 7.31. The Morgan fingerprint density at radius 1 is 0.862 bits per heavy atom. The van der Waals surface area contributed by atoms with Crippen LogP contribution in [0.3, 0.4) is 0 Å². The summed E-state index contributed by atoms with van der Waals surface area (Å²) in [7, 11) is 1.62. The molecule has 0 amide bonds. The molecule has 4 rings (SSSR count). The van der Waals surface area contributed by atoms with E-state index in [-0.39, 0.29) is 0 Å². The molecule has 29 heavy (non-hydrogen) atoms. The van der Waals surface area contributed by atoms with Crippen molar-refractivity contribution in [3.8, 4) is 34.1 Å². The number of aromatic nitrogens is 2. The largest absolute Gasteiger partial charge is 0.493 e. The molecule has 4 aromatic rings. The van der Waals surface area contributed by atoms with Gasteiger partial charge in [0.1, 0.15) is 12.4 Å². The Morgan fingerprint density at radius 2 is 1.62 bits per heavy atom. The summed E-state index contributed by atoms with van der Waals surface area (Å²) in [6.07, 6.45) is 1.84. The van der Waals surface area contributed by atoms with Gasteiger partial charge >= 0.3 is 0 Å². The Morgan fingerprint density at radius 3 is 2.34 bits per heavy atom. The summed E-state index contributed by atoms with van der Waals surface area (Å²) in [5.41, 5.74) is 3.60. The van der Waals surface area contributed by atoms with E-state index in [2.05, 4.69) is 9.97 Å². The maximum absolute atomic E-state index is 6.10. The van der Waals surface area contributed by atoms with Gasteiger partial charge in [-0.05, 0) is 42.0 Å². The average Bonchev–Trinajstić information content (AvgIpc) is 3.22. The van der Waals surface area contributed by atoms with Crippen LogP contribution in [0.5, 0.6) is 11.5 Å². The normalized spacial score (nSPS) is 10.7. The van der Waals surface area contributed by atoms with Crippen LogP contribution in [0.2, 0.25) is 10.0 Å². The van der Waals surface area contributed by atoms with E-state index in [9.17, 15) is 0 Å². The molecule has 1 N–H and O–H groups in total. The maximum atomic E-state index is 6.10. The molecule has 0 saturated heterocycles. The molecule has 0 spiro atoms. The Kier molecular flexibility index (Phi) is 5.74. The molecule has 3 aromatic carbocycles. The van der Waals surface area contributed by atoms with Gasteiger partial charge in [-0.1, -0.05) is 53.5 Å². The molecule has 146 valence electrons. The minimum atomic E-state index is 0.471. The molecule has 0 unspecified atom stereocenters. The van der Waals surface area contributed by atoms with Crippen LogP contribution < -0.4 is 9.47 Å². The standard InChI is InChI=1S/C23H18Cl2N2O2/c1-28-22-11-16(7-8-21(22)29-14-15-5-3-2-4-6-15)20-13-26-23(27-20)17-9-18(24)12-19(25)10-17/h2-13H,14H2,1H3,(H,26,27). The van der Waals surface area contributed by atoms with Gasteiger partial charge in [0, 0.05) is 27.4 Å². The molecule has 0 fully saturated rings. The van der Waals surface area contributed by atoms with E-state index in [1.54, 1.807) is 13.2 Å². The number of ether oxygens (including phenoxy) is 2. The van der Waals surface area contributed by atoms with Gasteiger partial charge in [0.2, 0.25) is 0 Å². The molecule has 0 radical (unpaired) electrons. The zero-order chi connectivity index (χ0) is 20.2. The lowest BCUT2D eigenvalue weighted by molar-refractivity contribution is 0.284. The number of aromatic amines is 1. The van der Waals surface area contributed by atoms with Crippen LogP contribution in [0.25, 0.3) is 22.6 Å². The number of methoxy groups -OCH3 is 1. The van der Waals surface area contributed by atoms with Crippen molar-refractivity contribution in [2.24, 2.45) is 0 Å². The fraction of sp³-hybridized carbons (Fsp3) is 0.0870. The first kappa shape index (κ1) is 19.4. The summed E-state index contributed by atoms with van der Waals surface area (Å²) >= 11 is 12.2. The van der Waals surface area contributed by atoms with Gasteiger partial charge in [-0.3, -0.25) is 0 Å². The van der Waals surface area contributed by atoms with Gasteiger partial charge in [-0.15, -0.1) is 0 Å². The lowest BCUT2D eigenvalue weighted by atomic mass is 10.1. The van der Waals surface area contributed by atoms with Crippen molar-refractivity contribution in [3.05, 3.63) is 88.5 Å². The summed E-state index contributed by atoms with van der Waals surface area (Å²) < 4.78 is 11.4. The molecule has 0 saturated carbocycles. The Balaban J connectivity index is 1.57. The summed E-state index contributed by atoms with van der Waals surface area (Å²) in [6, 6.07) is 21.1. The van der Waals surface area contributed by atoms with Crippen LogP contribution in [0.4, 0.5) is 0 Å². The summed E-state index contributed by atoms with van der Waals surface area (Å²) in [6.45, 7) is 0.471. The van der Waals surface area contributed by atoms with Crippen molar-refractivity contribution in [2.75, 3.05) is 7.11 Å². The average molecular weight is 425 g/mol. The van der Waals surface area contributed by atoms with E-state index >= 15 is 0 Å². The fourth-order valence-electron chi connectivity index (χ4n) is 2.99. The van der Waals surface area contributed by atoms with Crippen molar-refractivity contribution >= 4 is 23.2 Å². The Bertz CT molecular complexity index is 1110. The van der Waals surface area contributed by atoms with E-state index in [4.69, 9.17) is 32.7 Å². The highest BCUT2D eigenvalue weighted by Crippen LogP contribution is 2.33. The molecule has 0 atom stereocenters. The molecule has 0 aliphatic heterocycles. The predicted molar refractivity (Wildman–Crippen MR) is 117 cm³/mol. The lowest BCUT2D eigenvalue weighted by Gasteiger charge is -2.11. The number of rotatable bonds is 6. The highest BCUT2D eigenvalue weighted by Gasteiger charge is 2.11. The number of nitrogens with zero attached hydrogens (tertiary/aromatic N) is 1. The fourth-order valence-corrected chi connectivity index (χ4v) is 3.52. The number of H-pyrrole nitrogens is 1. The summed E-state index contributed by atoms with van der Waals surface area (Å²) in [5, 5.41) is 1.12. The minimum Gasteiger partial charge on any atom is -0.493 e. The molecule has 0 aliphatic rings. The van der Waals surface area contributed by atoms with Crippen LogP contribution in [0.1, 0.15) is 5.56 Å². The van der Waals surface area contributed by atoms with E-state index in [1.165, 1.54) is 0 Å². The van der Waals surface area contributed by atoms with Crippen molar-refractivity contribution in [1.82, 2.24) is 9.97 Å².